The van der Waals surface area contributed by atoms with Crippen LogP contribution in [0.4, 0.5) is 16.5 Å². The van der Waals surface area contributed by atoms with Gasteiger partial charge in [-0.25, -0.2) is 4.98 Å². The molecule has 8 nitrogen and oxygen atoms in total. The third-order valence-corrected chi connectivity index (χ3v) is 6.61. The molecule has 0 atom stereocenters. The fourth-order valence-corrected chi connectivity index (χ4v) is 5.01. The lowest BCUT2D eigenvalue weighted by molar-refractivity contribution is -0.384. The molecule has 29 heavy (non-hydrogen) atoms. The van der Waals surface area contributed by atoms with E-state index < -0.39 is 4.92 Å². The quantitative estimate of drug-likeness (QED) is 0.592. The average Bonchev–Trinajstić information content (AvgIpc) is 3.15. The fraction of sp³-hybridized carbons (Fsp3) is 0.500. The molecule has 0 bridgehead atoms. The van der Waals surface area contributed by atoms with Gasteiger partial charge in [-0.3, -0.25) is 25.1 Å². The number of thiazole rings is 1. The molecule has 1 fully saturated rings. The van der Waals surface area contributed by atoms with Crippen molar-refractivity contribution < 1.29 is 9.72 Å². The summed E-state index contributed by atoms with van der Waals surface area (Å²) in [6.45, 7) is 6.68. The van der Waals surface area contributed by atoms with Gasteiger partial charge in [-0.05, 0) is 31.9 Å². The molecule has 0 aliphatic carbocycles. The molecule has 2 aliphatic heterocycles. The van der Waals surface area contributed by atoms with E-state index in [-0.39, 0.29) is 11.6 Å². The summed E-state index contributed by atoms with van der Waals surface area (Å²) in [4.78, 5) is 34.2. The van der Waals surface area contributed by atoms with Crippen LogP contribution in [0.2, 0.25) is 0 Å². The molecule has 1 aromatic heterocycles. The first-order valence-electron chi connectivity index (χ1n) is 10.1. The molecule has 0 unspecified atom stereocenters. The molecular weight excluding hydrogens is 390 g/mol. The number of nitro benzene ring substituents is 1. The Kier molecular flexibility index (Phi) is 5.77. The number of rotatable bonds is 5. The number of amides is 1. The van der Waals surface area contributed by atoms with Crippen molar-refractivity contribution >= 4 is 33.8 Å². The molecule has 1 aromatic carbocycles. The highest BCUT2D eigenvalue weighted by Crippen LogP contribution is 2.31. The Bertz CT molecular complexity index is 923. The lowest BCUT2D eigenvalue weighted by Gasteiger charge is -2.30. The fourth-order valence-electron chi connectivity index (χ4n) is 3.97. The minimum Gasteiger partial charge on any atom is -0.371 e. The van der Waals surface area contributed by atoms with Crippen LogP contribution >= 0.6 is 11.3 Å². The number of carbonyl (C=O) groups is 1. The highest BCUT2D eigenvalue weighted by atomic mass is 32.1. The number of aromatic nitrogens is 1. The number of hydrogen-bond acceptors (Lipinski definition) is 7. The maximum Gasteiger partial charge on any atom is 0.270 e. The van der Waals surface area contributed by atoms with Crippen molar-refractivity contribution in [2.45, 2.75) is 39.2 Å². The standard InChI is InChI=1S/C20H25N5O3S/c1-2-23-11-8-16-18(13-23)29-20(21-16)22-19(26)15-12-14(25(27)28)6-7-17(15)24-9-4-3-5-10-24/h6-7,12H,2-5,8-11,13H2,1H3,(H,21,22,26). The number of nitro groups is 1. The van der Waals surface area contributed by atoms with Gasteiger partial charge in [0.25, 0.3) is 11.6 Å². The molecule has 2 aliphatic rings. The summed E-state index contributed by atoms with van der Waals surface area (Å²) >= 11 is 1.50. The van der Waals surface area contributed by atoms with Crippen molar-refractivity contribution in [3.05, 3.63) is 44.4 Å². The van der Waals surface area contributed by atoms with E-state index >= 15 is 0 Å². The Hall–Kier alpha value is -2.52. The van der Waals surface area contributed by atoms with Crippen LogP contribution in [-0.2, 0) is 13.0 Å². The molecule has 2 aromatic rings. The molecule has 0 radical (unpaired) electrons. The van der Waals surface area contributed by atoms with Gasteiger partial charge in [-0.2, -0.15) is 0 Å². The summed E-state index contributed by atoms with van der Waals surface area (Å²) < 4.78 is 0. The number of benzene rings is 1. The zero-order valence-electron chi connectivity index (χ0n) is 16.5. The Balaban J connectivity index is 1.59. The van der Waals surface area contributed by atoms with Gasteiger partial charge < -0.3 is 4.90 Å². The molecule has 1 saturated heterocycles. The predicted octanol–water partition coefficient (Wildman–Crippen LogP) is 3.67. The van der Waals surface area contributed by atoms with Crippen molar-refractivity contribution in [3.63, 3.8) is 0 Å². The second-order valence-corrected chi connectivity index (χ2v) is 8.55. The summed E-state index contributed by atoms with van der Waals surface area (Å²) in [6.07, 6.45) is 4.17. The van der Waals surface area contributed by atoms with Crippen LogP contribution in [0.25, 0.3) is 0 Å². The van der Waals surface area contributed by atoms with E-state index in [4.69, 9.17) is 0 Å². The lowest BCUT2D eigenvalue weighted by atomic mass is 10.1. The maximum atomic E-state index is 13.1. The second-order valence-electron chi connectivity index (χ2n) is 7.47. The summed E-state index contributed by atoms with van der Waals surface area (Å²) in [5.74, 6) is -0.340. The number of non-ortho nitro benzene ring substituents is 1. The summed E-state index contributed by atoms with van der Waals surface area (Å²) in [7, 11) is 0. The van der Waals surface area contributed by atoms with E-state index in [9.17, 15) is 14.9 Å². The van der Waals surface area contributed by atoms with Crippen LogP contribution < -0.4 is 10.2 Å². The Morgan fingerprint density at radius 3 is 2.79 bits per heavy atom. The van der Waals surface area contributed by atoms with Crippen LogP contribution in [0.15, 0.2) is 18.2 Å². The topological polar surface area (TPSA) is 91.6 Å². The Labute approximate surface area is 173 Å². The van der Waals surface area contributed by atoms with Crippen molar-refractivity contribution in [2.75, 3.05) is 36.4 Å². The zero-order valence-corrected chi connectivity index (χ0v) is 17.3. The van der Waals surface area contributed by atoms with E-state index in [1.807, 2.05) is 0 Å². The van der Waals surface area contributed by atoms with E-state index in [1.54, 1.807) is 6.07 Å². The minimum absolute atomic E-state index is 0.0760. The number of anilines is 2. The van der Waals surface area contributed by atoms with Gasteiger partial charge in [-0.1, -0.05) is 6.92 Å². The Morgan fingerprint density at radius 1 is 1.28 bits per heavy atom. The zero-order chi connectivity index (χ0) is 20.4. The molecule has 3 heterocycles. The molecule has 4 rings (SSSR count). The smallest absolute Gasteiger partial charge is 0.270 e. The minimum atomic E-state index is -0.460. The van der Waals surface area contributed by atoms with Crippen LogP contribution in [0.5, 0.6) is 0 Å². The molecule has 1 amide bonds. The molecule has 1 N–H and O–H groups in total. The third kappa shape index (κ3) is 4.25. The van der Waals surface area contributed by atoms with Gasteiger partial charge in [-0.15, -0.1) is 11.3 Å². The van der Waals surface area contributed by atoms with Crippen LogP contribution in [0, 0.1) is 10.1 Å². The maximum absolute atomic E-state index is 13.1. The number of hydrogen-bond donors (Lipinski definition) is 1. The molecule has 154 valence electrons. The molecule has 0 saturated carbocycles. The summed E-state index contributed by atoms with van der Waals surface area (Å²) in [5, 5.41) is 14.7. The van der Waals surface area contributed by atoms with Gasteiger partial charge in [0.05, 0.1) is 21.9 Å². The van der Waals surface area contributed by atoms with Gasteiger partial charge in [0, 0.05) is 49.6 Å². The first kappa shape index (κ1) is 19.8. The first-order chi connectivity index (χ1) is 14.0. The average molecular weight is 416 g/mol. The Morgan fingerprint density at radius 2 is 2.07 bits per heavy atom. The number of carbonyl (C=O) groups excluding carboxylic acids is 1. The number of piperidine rings is 1. The summed E-state index contributed by atoms with van der Waals surface area (Å²) in [5.41, 5.74) is 2.06. The van der Waals surface area contributed by atoms with Crippen LogP contribution in [-0.4, -0.2) is 46.9 Å². The second kappa shape index (κ2) is 8.46. The monoisotopic (exact) mass is 415 g/mol. The van der Waals surface area contributed by atoms with Gasteiger partial charge >= 0.3 is 0 Å². The molecule has 0 spiro atoms. The van der Waals surface area contributed by atoms with E-state index in [0.717, 1.165) is 63.4 Å². The van der Waals surface area contributed by atoms with Crippen molar-refractivity contribution in [3.8, 4) is 0 Å². The lowest BCUT2D eigenvalue weighted by Crippen LogP contribution is -2.31. The number of nitrogens with zero attached hydrogens (tertiary/aromatic N) is 4. The molecular formula is C20H25N5O3S. The van der Waals surface area contributed by atoms with Crippen molar-refractivity contribution in [1.82, 2.24) is 9.88 Å². The van der Waals surface area contributed by atoms with E-state index in [2.05, 4.69) is 27.0 Å². The summed E-state index contributed by atoms with van der Waals surface area (Å²) in [6, 6.07) is 4.55. The molecule has 9 heteroatoms. The number of nitrogens with one attached hydrogen (secondary N) is 1. The van der Waals surface area contributed by atoms with Crippen molar-refractivity contribution in [1.29, 1.82) is 0 Å². The van der Waals surface area contributed by atoms with E-state index in [0.29, 0.717) is 10.7 Å². The van der Waals surface area contributed by atoms with Gasteiger partial charge in [0.15, 0.2) is 5.13 Å². The van der Waals surface area contributed by atoms with Gasteiger partial charge in [0.2, 0.25) is 0 Å². The largest absolute Gasteiger partial charge is 0.371 e. The van der Waals surface area contributed by atoms with Gasteiger partial charge in [0.1, 0.15) is 0 Å². The van der Waals surface area contributed by atoms with Crippen molar-refractivity contribution in [2.24, 2.45) is 0 Å². The first-order valence-corrected chi connectivity index (χ1v) is 10.9. The normalized spacial score (nSPS) is 17.1. The predicted molar refractivity (Wildman–Crippen MR) is 114 cm³/mol. The number of fused-ring (bicyclic) bond motifs is 1. The van der Waals surface area contributed by atoms with Crippen LogP contribution in [0.1, 0.15) is 47.1 Å². The SMILES string of the molecule is CCN1CCc2nc(NC(=O)c3cc([N+](=O)[O-])ccc3N3CCCCC3)sc2C1. The van der Waals surface area contributed by atoms with Crippen LogP contribution in [0.3, 0.4) is 0 Å². The highest BCUT2D eigenvalue weighted by Gasteiger charge is 2.24. The van der Waals surface area contributed by atoms with E-state index in [1.165, 1.54) is 34.8 Å². The third-order valence-electron chi connectivity index (χ3n) is 5.61. The highest BCUT2D eigenvalue weighted by molar-refractivity contribution is 7.15. The number of likely N-dealkylation sites (N-methyl/N-ethyl adjacent to an activating group) is 1.